The second kappa shape index (κ2) is 12.1. The minimum Gasteiger partial charge on any atom is -0.375 e. The molecule has 0 bridgehead atoms. The van der Waals surface area contributed by atoms with Crippen molar-refractivity contribution < 1.29 is 4.74 Å². The Morgan fingerprint density at radius 1 is 1.29 bits per heavy atom. The van der Waals surface area contributed by atoms with Gasteiger partial charge in [-0.3, -0.25) is 9.67 Å². The molecule has 0 saturated carbocycles. The van der Waals surface area contributed by atoms with E-state index in [9.17, 15) is 0 Å². The molecule has 0 amide bonds. The lowest BCUT2D eigenvalue weighted by atomic mass is 10.0. The normalized spacial score (nSPS) is 16.9. The molecule has 0 spiro atoms. The number of likely N-dealkylation sites (tertiary alicyclic amines) is 1. The number of nitrogens with one attached hydrogen (secondary N) is 1. The smallest absolute Gasteiger partial charge is 0.194 e. The van der Waals surface area contributed by atoms with E-state index in [2.05, 4.69) is 40.6 Å². The van der Waals surface area contributed by atoms with Crippen LogP contribution in [0.15, 0.2) is 47.7 Å². The Bertz CT molecular complexity index is 719. The number of benzene rings is 1. The highest BCUT2D eigenvalue weighted by Gasteiger charge is 2.25. The molecule has 2 aromatic rings. The largest absolute Gasteiger partial charge is 0.375 e. The monoisotopic (exact) mass is 497 g/mol. The van der Waals surface area contributed by atoms with E-state index in [0.29, 0.717) is 25.7 Å². The van der Waals surface area contributed by atoms with Crippen LogP contribution in [0.1, 0.15) is 24.5 Å². The average Bonchev–Trinajstić information content (AvgIpc) is 3.31. The zero-order valence-electron chi connectivity index (χ0n) is 16.9. The van der Waals surface area contributed by atoms with Gasteiger partial charge in [-0.1, -0.05) is 30.3 Å². The van der Waals surface area contributed by atoms with Crippen molar-refractivity contribution in [3.05, 3.63) is 53.9 Å². The first kappa shape index (κ1) is 22.7. The van der Waals surface area contributed by atoms with E-state index in [1.807, 2.05) is 36.1 Å². The lowest BCUT2D eigenvalue weighted by Gasteiger charge is -2.21. The van der Waals surface area contributed by atoms with Crippen LogP contribution in [0, 0.1) is 5.92 Å². The van der Waals surface area contributed by atoms with E-state index in [4.69, 9.17) is 9.73 Å². The van der Waals surface area contributed by atoms with Crippen molar-refractivity contribution >= 4 is 29.9 Å². The molecule has 1 aliphatic heterocycles. The zero-order chi connectivity index (χ0) is 18.9. The van der Waals surface area contributed by atoms with Crippen molar-refractivity contribution in [3.63, 3.8) is 0 Å². The summed E-state index contributed by atoms with van der Waals surface area (Å²) in [6.45, 7) is 7.06. The van der Waals surface area contributed by atoms with E-state index >= 15 is 0 Å². The van der Waals surface area contributed by atoms with Crippen molar-refractivity contribution in [1.29, 1.82) is 0 Å². The number of hydrogen-bond donors (Lipinski definition) is 1. The summed E-state index contributed by atoms with van der Waals surface area (Å²) in [5.74, 6) is 1.67. The van der Waals surface area contributed by atoms with Gasteiger partial charge in [0.1, 0.15) is 0 Å². The van der Waals surface area contributed by atoms with E-state index in [1.165, 1.54) is 17.5 Å². The number of aryl methyl sites for hydroxylation is 1. The third-order valence-electron chi connectivity index (χ3n) is 4.81. The predicted molar refractivity (Wildman–Crippen MR) is 124 cm³/mol. The van der Waals surface area contributed by atoms with E-state index in [1.54, 1.807) is 0 Å². The number of hydrogen-bond acceptors (Lipinski definition) is 3. The summed E-state index contributed by atoms with van der Waals surface area (Å²) in [6.07, 6.45) is 6.38. The molecule has 28 heavy (non-hydrogen) atoms. The van der Waals surface area contributed by atoms with Gasteiger partial charge in [0.05, 0.1) is 26.0 Å². The quantitative estimate of drug-likeness (QED) is 0.264. The van der Waals surface area contributed by atoms with Gasteiger partial charge < -0.3 is 15.0 Å². The summed E-state index contributed by atoms with van der Waals surface area (Å²) in [6, 6.07) is 10.3. The van der Waals surface area contributed by atoms with Gasteiger partial charge in [0.25, 0.3) is 0 Å². The minimum atomic E-state index is 0. The van der Waals surface area contributed by atoms with Crippen molar-refractivity contribution in [1.82, 2.24) is 20.0 Å². The first-order valence-corrected chi connectivity index (χ1v) is 9.87. The Morgan fingerprint density at radius 2 is 2.11 bits per heavy atom. The van der Waals surface area contributed by atoms with E-state index < -0.39 is 0 Å². The van der Waals surface area contributed by atoms with Gasteiger partial charge in [0.15, 0.2) is 5.96 Å². The number of guanidine groups is 1. The van der Waals surface area contributed by atoms with E-state index in [0.717, 1.165) is 32.0 Å². The molecule has 7 heteroatoms. The lowest BCUT2D eigenvalue weighted by Crippen LogP contribution is -2.40. The maximum atomic E-state index is 5.75. The standard InChI is InChI=1S/C21H31N5O.HI/c1-3-22-21(23-10-12-27-17-18-7-5-4-6-8-18)26-11-9-19(16-26)13-20-14-24-25(2)15-20;/h4-8,14-15,19H,3,9-13,16-17H2,1-2H3,(H,22,23);1H. The number of rotatable bonds is 8. The van der Waals surface area contributed by atoms with Crippen LogP contribution in [-0.2, 0) is 24.8 Å². The van der Waals surface area contributed by atoms with Gasteiger partial charge in [-0.15, -0.1) is 24.0 Å². The molecule has 3 rings (SSSR count). The fourth-order valence-electron chi connectivity index (χ4n) is 3.51. The molecule has 1 N–H and O–H groups in total. The fraction of sp³-hybridized carbons (Fsp3) is 0.524. The molecule has 1 unspecified atom stereocenters. The molecular weight excluding hydrogens is 465 g/mol. The summed E-state index contributed by atoms with van der Waals surface area (Å²) in [4.78, 5) is 7.14. The molecule has 1 aromatic heterocycles. The van der Waals surface area contributed by atoms with Gasteiger partial charge >= 0.3 is 0 Å². The number of aliphatic imine (C=N–C) groups is 1. The molecule has 0 radical (unpaired) electrons. The first-order valence-electron chi connectivity index (χ1n) is 9.87. The van der Waals surface area contributed by atoms with Crippen molar-refractivity contribution in [2.45, 2.75) is 26.4 Å². The van der Waals surface area contributed by atoms with Crippen molar-refractivity contribution in [3.8, 4) is 0 Å². The first-order chi connectivity index (χ1) is 13.2. The topological polar surface area (TPSA) is 54.7 Å². The van der Waals surface area contributed by atoms with Gasteiger partial charge in [0, 0.05) is 32.9 Å². The van der Waals surface area contributed by atoms with Crippen LogP contribution in [-0.4, -0.2) is 53.4 Å². The third-order valence-corrected chi connectivity index (χ3v) is 4.81. The highest BCUT2D eigenvalue weighted by atomic mass is 127. The zero-order valence-corrected chi connectivity index (χ0v) is 19.2. The molecule has 1 aliphatic rings. The fourth-order valence-corrected chi connectivity index (χ4v) is 3.51. The van der Waals surface area contributed by atoms with Crippen LogP contribution < -0.4 is 5.32 Å². The lowest BCUT2D eigenvalue weighted by molar-refractivity contribution is 0.128. The molecule has 0 aliphatic carbocycles. The highest BCUT2D eigenvalue weighted by molar-refractivity contribution is 14.0. The molecule has 1 atom stereocenters. The minimum absolute atomic E-state index is 0. The van der Waals surface area contributed by atoms with E-state index in [-0.39, 0.29) is 24.0 Å². The number of ether oxygens (including phenoxy) is 1. The SMILES string of the molecule is CCNC(=NCCOCc1ccccc1)N1CCC(Cc2cnn(C)c2)C1.I. The van der Waals surface area contributed by atoms with Gasteiger partial charge in [-0.25, -0.2) is 0 Å². The second-order valence-electron chi connectivity index (χ2n) is 7.10. The molecule has 1 aromatic carbocycles. The molecule has 1 fully saturated rings. The highest BCUT2D eigenvalue weighted by Crippen LogP contribution is 2.20. The van der Waals surface area contributed by atoms with Crippen molar-refractivity contribution in [2.75, 3.05) is 32.8 Å². The number of halogens is 1. The Kier molecular flexibility index (Phi) is 9.77. The summed E-state index contributed by atoms with van der Waals surface area (Å²) in [5, 5.41) is 7.70. The van der Waals surface area contributed by atoms with Crippen LogP contribution in [0.25, 0.3) is 0 Å². The van der Waals surface area contributed by atoms with Gasteiger partial charge in [-0.05, 0) is 36.8 Å². The van der Waals surface area contributed by atoms with Crippen LogP contribution in [0.2, 0.25) is 0 Å². The Hall–Kier alpha value is -1.61. The molecule has 1 saturated heterocycles. The maximum absolute atomic E-state index is 5.75. The summed E-state index contributed by atoms with van der Waals surface area (Å²) in [7, 11) is 1.97. The molecule has 6 nitrogen and oxygen atoms in total. The second-order valence-corrected chi connectivity index (χ2v) is 7.10. The summed E-state index contributed by atoms with van der Waals surface area (Å²) in [5.41, 5.74) is 2.52. The Morgan fingerprint density at radius 3 is 2.82 bits per heavy atom. The molecular formula is C21H32IN5O. The third kappa shape index (κ3) is 7.09. The van der Waals surface area contributed by atoms with Crippen LogP contribution in [0.3, 0.4) is 0 Å². The molecule has 154 valence electrons. The Balaban J connectivity index is 0.00000280. The maximum Gasteiger partial charge on any atom is 0.194 e. The summed E-state index contributed by atoms with van der Waals surface area (Å²) >= 11 is 0. The summed E-state index contributed by atoms with van der Waals surface area (Å²) < 4.78 is 7.63. The number of nitrogens with zero attached hydrogens (tertiary/aromatic N) is 4. The van der Waals surface area contributed by atoms with Gasteiger partial charge in [-0.2, -0.15) is 5.10 Å². The van der Waals surface area contributed by atoms with Crippen LogP contribution in [0.5, 0.6) is 0 Å². The average molecular weight is 497 g/mol. The predicted octanol–water partition coefficient (Wildman–Crippen LogP) is 3.08. The molecule has 2 heterocycles. The van der Waals surface area contributed by atoms with Crippen LogP contribution in [0.4, 0.5) is 0 Å². The van der Waals surface area contributed by atoms with Gasteiger partial charge in [0.2, 0.25) is 0 Å². The Labute approximate surface area is 185 Å². The number of aromatic nitrogens is 2. The van der Waals surface area contributed by atoms with Crippen LogP contribution >= 0.6 is 24.0 Å². The van der Waals surface area contributed by atoms with Crippen molar-refractivity contribution in [2.24, 2.45) is 18.0 Å².